The van der Waals surface area contributed by atoms with Crippen molar-refractivity contribution in [3.05, 3.63) is 24.3 Å². The third-order valence-corrected chi connectivity index (χ3v) is 2.13. The Bertz CT molecular complexity index is 460. The molecule has 0 spiro atoms. The summed E-state index contributed by atoms with van der Waals surface area (Å²) in [6, 6.07) is 1.66. The van der Waals surface area contributed by atoms with Crippen molar-refractivity contribution < 1.29 is 0 Å². The van der Waals surface area contributed by atoms with Crippen LogP contribution in [0.2, 0.25) is 0 Å². The van der Waals surface area contributed by atoms with Gasteiger partial charge in [-0.1, -0.05) is 0 Å². The summed E-state index contributed by atoms with van der Waals surface area (Å²) in [7, 11) is 1.92. The molecule has 0 atom stereocenters. The van der Waals surface area contributed by atoms with Crippen molar-refractivity contribution >= 4 is 5.82 Å². The molecule has 5 nitrogen and oxygen atoms in total. The van der Waals surface area contributed by atoms with E-state index in [1.807, 2.05) is 18.5 Å². The van der Waals surface area contributed by atoms with Gasteiger partial charge >= 0.3 is 0 Å². The van der Waals surface area contributed by atoms with Crippen LogP contribution in [-0.4, -0.2) is 19.5 Å². The van der Waals surface area contributed by atoms with Gasteiger partial charge in [-0.25, -0.2) is 15.0 Å². The summed E-state index contributed by atoms with van der Waals surface area (Å²) in [4.78, 5) is 12.4. The number of nitrogens with zero attached hydrogens (tertiary/aromatic N) is 4. The Hall–Kier alpha value is -1.91. The summed E-state index contributed by atoms with van der Waals surface area (Å²) >= 11 is 0. The average molecular weight is 189 g/mol. The van der Waals surface area contributed by atoms with Crippen LogP contribution >= 0.6 is 0 Å². The van der Waals surface area contributed by atoms with Crippen LogP contribution in [0.1, 0.15) is 5.82 Å². The van der Waals surface area contributed by atoms with Gasteiger partial charge in [-0.05, 0) is 13.0 Å². The van der Waals surface area contributed by atoms with Gasteiger partial charge in [0.1, 0.15) is 17.3 Å². The lowest BCUT2D eigenvalue weighted by atomic mass is 10.4. The zero-order valence-electron chi connectivity index (χ0n) is 8.10. The monoisotopic (exact) mass is 189 g/mol. The molecule has 0 aromatic carbocycles. The zero-order valence-corrected chi connectivity index (χ0v) is 8.10. The minimum atomic E-state index is 0.467. The Kier molecular flexibility index (Phi) is 1.92. The molecule has 0 saturated heterocycles. The van der Waals surface area contributed by atoms with E-state index in [1.54, 1.807) is 18.5 Å². The molecule has 14 heavy (non-hydrogen) atoms. The predicted octanol–water partition coefficient (Wildman–Crippen LogP) is 0.768. The summed E-state index contributed by atoms with van der Waals surface area (Å²) in [5.41, 5.74) is 6.44. The van der Waals surface area contributed by atoms with E-state index in [4.69, 9.17) is 5.73 Å². The fourth-order valence-electron chi connectivity index (χ4n) is 1.21. The fourth-order valence-corrected chi connectivity index (χ4v) is 1.21. The average Bonchev–Trinajstić information content (AvgIpc) is 2.48. The molecule has 0 bridgehead atoms. The lowest BCUT2D eigenvalue weighted by Crippen LogP contribution is -1.99. The van der Waals surface area contributed by atoms with Gasteiger partial charge in [0.2, 0.25) is 0 Å². The molecular formula is C9H11N5. The van der Waals surface area contributed by atoms with Crippen molar-refractivity contribution in [1.29, 1.82) is 0 Å². The normalized spacial score (nSPS) is 10.4. The Morgan fingerprint density at radius 3 is 2.71 bits per heavy atom. The number of aryl methyl sites for hydroxylation is 1. The van der Waals surface area contributed by atoms with Gasteiger partial charge < -0.3 is 10.3 Å². The molecule has 0 aliphatic rings. The Morgan fingerprint density at radius 1 is 1.36 bits per heavy atom. The summed E-state index contributed by atoms with van der Waals surface area (Å²) in [6.45, 7) is 1.93. The molecule has 2 aromatic heterocycles. The highest BCUT2D eigenvalue weighted by molar-refractivity contribution is 5.51. The number of anilines is 1. The lowest BCUT2D eigenvalue weighted by molar-refractivity contribution is 0.857. The molecule has 2 heterocycles. The van der Waals surface area contributed by atoms with Gasteiger partial charge in [-0.3, -0.25) is 0 Å². The van der Waals surface area contributed by atoms with Crippen molar-refractivity contribution in [2.24, 2.45) is 7.05 Å². The van der Waals surface area contributed by atoms with E-state index in [0.717, 1.165) is 11.5 Å². The van der Waals surface area contributed by atoms with Crippen LogP contribution in [0.4, 0.5) is 5.82 Å². The van der Waals surface area contributed by atoms with Crippen molar-refractivity contribution in [3.8, 4) is 11.5 Å². The summed E-state index contributed by atoms with van der Waals surface area (Å²) in [6.07, 6.45) is 3.38. The topological polar surface area (TPSA) is 69.6 Å². The minimum absolute atomic E-state index is 0.467. The number of imidazole rings is 1. The van der Waals surface area contributed by atoms with E-state index in [9.17, 15) is 0 Å². The Balaban J connectivity index is 2.55. The highest BCUT2D eigenvalue weighted by Crippen LogP contribution is 2.15. The molecule has 0 amide bonds. The van der Waals surface area contributed by atoms with Crippen LogP contribution in [0.5, 0.6) is 0 Å². The van der Waals surface area contributed by atoms with Gasteiger partial charge in [0, 0.05) is 13.2 Å². The van der Waals surface area contributed by atoms with Crippen LogP contribution in [0.15, 0.2) is 18.5 Å². The third kappa shape index (κ3) is 1.32. The van der Waals surface area contributed by atoms with Crippen molar-refractivity contribution in [2.45, 2.75) is 6.92 Å². The van der Waals surface area contributed by atoms with Crippen molar-refractivity contribution in [1.82, 2.24) is 19.5 Å². The van der Waals surface area contributed by atoms with E-state index in [0.29, 0.717) is 11.6 Å². The second kappa shape index (κ2) is 3.10. The minimum Gasteiger partial charge on any atom is -0.384 e. The standard InChI is InChI=1S/C9H11N5/c1-6-12-5-7(14(6)2)9-11-4-3-8(10)13-9/h3-5H,1-2H3,(H2,10,11,13). The number of hydrogen-bond donors (Lipinski definition) is 1. The summed E-state index contributed by atoms with van der Waals surface area (Å²) < 4.78 is 1.93. The highest BCUT2D eigenvalue weighted by atomic mass is 15.1. The van der Waals surface area contributed by atoms with Crippen LogP contribution in [0, 0.1) is 6.92 Å². The molecule has 0 aliphatic heterocycles. The maximum Gasteiger partial charge on any atom is 0.179 e. The number of aromatic nitrogens is 4. The molecule has 0 fully saturated rings. The first-order valence-electron chi connectivity index (χ1n) is 4.25. The molecule has 5 heteroatoms. The van der Waals surface area contributed by atoms with Gasteiger partial charge in [0.05, 0.1) is 6.20 Å². The van der Waals surface area contributed by atoms with E-state index in [1.165, 1.54) is 0 Å². The molecule has 2 N–H and O–H groups in total. The molecule has 0 radical (unpaired) electrons. The SMILES string of the molecule is Cc1ncc(-c2nccc(N)n2)n1C. The third-order valence-electron chi connectivity index (χ3n) is 2.13. The number of hydrogen-bond acceptors (Lipinski definition) is 4. The second-order valence-corrected chi connectivity index (χ2v) is 3.05. The van der Waals surface area contributed by atoms with E-state index in [-0.39, 0.29) is 0 Å². The number of nitrogens with two attached hydrogens (primary N) is 1. The van der Waals surface area contributed by atoms with Gasteiger partial charge in [0.15, 0.2) is 5.82 Å². The van der Waals surface area contributed by atoms with Crippen LogP contribution in [0.25, 0.3) is 11.5 Å². The molecule has 0 saturated carbocycles. The molecule has 0 unspecified atom stereocenters. The molecular weight excluding hydrogens is 178 g/mol. The quantitative estimate of drug-likeness (QED) is 0.719. The molecule has 0 aliphatic carbocycles. The Labute approximate surface area is 81.6 Å². The first kappa shape index (κ1) is 8.68. The largest absolute Gasteiger partial charge is 0.384 e. The fraction of sp³-hybridized carbons (Fsp3) is 0.222. The van der Waals surface area contributed by atoms with E-state index in [2.05, 4.69) is 15.0 Å². The van der Waals surface area contributed by atoms with Crippen LogP contribution in [0.3, 0.4) is 0 Å². The predicted molar refractivity (Wildman–Crippen MR) is 53.4 cm³/mol. The van der Waals surface area contributed by atoms with E-state index < -0.39 is 0 Å². The summed E-state index contributed by atoms with van der Waals surface area (Å²) in [5.74, 6) is 1.99. The first-order valence-corrected chi connectivity index (χ1v) is 4.25. The van der Waals surface area contributed by atoms with Crippen LogP contribution < -0.4 is 5.73 Å². The molecule has 2 rings (SSSR count). The number of rotatable bonds is 1. The first-order chi connectivity index (χ1) is 6.68. The van der Waals surface area contributed by atoms with Gasteiger partial charge in [0.25, 0.3) is 0 Å². The lowest BCUT2D eigenvalue weighted by Gasteiger charge is -2.02. The number of nitrogen functional groups attached to an aromatic ring is 1. The second-order valence-electron chi connectivity index (χ2n) is 3.05. The van der Waals surface area contributed by atoms with Crippen molar-refractivity contribution in [3.63, 3.8) is 0 Å². The Morgan fingerprint density at radius 2 is 2.14 bits per heavy atom. The van der Waals surface area contributed by atoms with Gasteiger partial charge in [-0.15, -0.1) is 0 Å². The maximum atomic E-state index is 5.57. The molecule has 2 aromatic rings. The smallest absolute Gasteiger partial charge is 0.179 e. The van der Waals surface area contributed by atoms with Gasteiger partial charge in [-0.2, -0.15) is 0 Å². The maximum absolute atomic E-state index is 5.57. The zero-order chi connectivity index (χ0) is 10.1. The summed E-state index contributed by atoms with van der Waals surface area (Å²) in [5, 5.41) is 0. The van der Waals surface area contributed by atoms with E-state index >= 15 is 0 Å². The molecule has 72 valence electrons. The van der Waals surface area contributed by atoms with Crippen LogP contribution in [-0.2, 0) is 7.05 Å². The van der Waals surface area contributed by atoms with Crippen molar-refractivity contribution in [2.75, 3.05) is 5.73 Å². The highest BCUT2D eigenvalue weighted by Gasteiger charge is 2.07.